The molecule has 6 heteroatoms. The highest BCUT2D eigenvalue weighted by molar-refractivity contribution is 8.17. The highest BCUT2D eigenvalue weighted by Gasteiger charge is 2.36. The number of aromatic nitrogens is 1. The summed E-state index contributed by atoms with van der Waals surface area (Å²) in [5.41, 5.74) is 6.17. The molecule has 1 amide bonds. The normalized spacial score (nSPS) is 16.6. The molecule has 6 rings (SSSR count). The maximum Gasteiger partial charge on any atom is 0.283 e. The van der Waals surface area contributed by atoms with Crippen LogP contribution < -0.4 is 0 Å². The lowest BCUT2D eigenvalue weighted by Crippen LogP contribution is -2.38. The quantitative estimate of drug-likeness (QED) is 0.343. The number of aryl methyl sites for hydroxylation is 1. The van der Waals surface area contributed by atoms with Crippen molar-refractivity contribution in [2.45, 2.75) is 13.8 Å². The summed E-state index contributed by atoms with van der Waals surface area (Å²) in [5, 5.41) is 13.8. The van der Waals surface area contributed by atoms with Gasteiger partial charge < -0.3 is 4.57 Å². The zero-order valence-electron chi connectivity index (χ0n) is 19.3. The number of aliphatic imine (C=N–C) groups is 1. The summed E-state index contributed by atoms with van der Waals surface area (Å²) in [6, 6.07) is 26.7. The molecule has 35 heavy (non-hydrogen) atoms. The molecule has 0 bridgehead atoms. The van der Waals surface area contributed by atoms with Gasteiger partial charge in [0, 0.05) is 22.5 Å². The maximum atomic E-state index is 12.9. The number of rotatable bonds is 3. The molecule has 0 aliphatic carbocycles. The first-order chi connectivity index (χ1) is 17.0. The van der Waals surface area contributed by atoms with Crippen LogP contribution in [0.15, 0.2) is 94.8 Å². The molecular formula is C29H22N4OS. The van der Waals surface area contributed by atoms with Gasteiger partial charge in [-0.05, 0) is 60.0 Å². The van der Waals surface area contributed by atoms with Crippen molar-refractivity contribution in [3.63, 3.8) is 0 Å². The first kappa shape index (κ1) is 21.4. The first-order valence-electron chi connectivity index (χ1n) is 11.4. The van der Waals surface area contributed by atoms with Gasteiger partial charge in [-0.2, -0.15) is 4.99 Å². The SMILES string of the molecule is Cc1cc(C=C2C(=N)N3C(c4ccccc4)=CSC3=NC2=O)c(C)n1-c1ccc2ccccc2c1. The van der Waals surface area contributed by atoms with Gasteiger partial charge in [0.25, 0.3) is 5.91 Å². The molecule has 170 valence electrons. The number of fused-ring (bicyclic) bond motifs is 2. The highest BCUT2D eigenvalue weighted by atomic mass is 32.2. The fourth-order valence-electron chi connectivity index (χ4n) is 4.72. The summed E-state index contributed by atoms with van der Waals surface area (Å²) in [7, 11) is 0. The van der Waals surface area contributed by atoms with Gasteiger partial charge in [0.15, 0.2) is 5.17 Å². The Kier molecular flexibility index (Phi) is 5.04. The van der Waals surface area contributed by atoms with Gasteiger partial charge in [-0.3, -0.25) is 15.1 Å². The van der Waals surface area contributed by atoms with Gasteiger partial charge in [-0.1, -0.05) is 72.4 Å². The van der Waals surface area contributed by atoms with E-state index < -0.39 is 0 Å². The van der Waals surface area contributed by atoms with Crippen LogP contribution >= 0.6 is 11.8 Å². The number of thioether (sulfide) groups is 1. The van der Waals surface area contributed by atoms with Crippen LogP contribution in [0.4, 0.5) is 0 Å². The van der Waals surface area contributed by atoms with Crippen LogP contribution in [0.2, 0.25) is 0 Å². The number of hydrogen-bond donors (Lipinski definition) is 1. The molecule has 1 aromatic heterocycles. The van der Waals surface area contributed by atoms with Crippen molar-refractivity contribution in [1.82, 2.24) is 9.47 Å². The van der Waals surface area contributed by atoms with E-state index in [0.717, 1.165) is 33.9 Å². The molecule has 0 saturated heterocycles. The van der Waals surface area contributed by atoms with E-state index in [9.17, 15) is 4.79 Å². The lowest BCUT2D eigenvalue weighted by atomic mass is 10.1. The van der Waals surface area contributed by atoms with Crippen molar-refractivity contribution in [3.8, 4) is 5.69 Å². The van der Waals surface area contributed by atoms with Crippen molar-refractivity contribution in [1.29, 1.82) is 5.41 Å². The Hall–Kier alpha value is -4.16. The van der Waals surface area contributed by atoms with E-state index >= 15 is 0 Å². The number of hydrogen-bond acceptors (Lipinski definition) is 3. The molecular weight excluding hydrogens is 452 g/mol. The van der Waals surface area contributed by atoms with E-state index in [1.807, 2.05) is 54.8 Å². The number of amidine groups is 2. The number of nitrogens with zero attached hydrogens (tertiary/aromatic N) is 3. The molecule has 3 heterocycles. The third-order valence-corrected chi connectivity index (χ3v) is 7.27. The van der Waals surface area contributed by atoms with E-state index in [1.165, 1.54) is 22.5 Å². The largest absolute Gasteiger partial charge is 0.318 e. The molecule has 0 radical (unpaired) electrons. The zero-order chi connectivity index (χ0) is 24.1. The van der Waals surface area contributed by atoms with E-state index in [4.69, 9.17) is 5.41 Å². The van der Waals surface area contributed by atoms with Gasteiger partial charge in [0.1, 0.15) is 5.84 Å². The third-order valence-electron chi connectivity index (χ3n) is 6.45. The Bertz CT molecular complexity index is 1630. The van der Waals surface area contributed by atoms with Crippen LogP contribution in [0.1, 0.15) is 22.5 Å². The van der Waals surface area contributed by atoms with Crippen LogP contribution in [-0.4, -0.2) is 26.4 Å². The average molecular weight is 475 g/mol. The standard InChI is InChI=1S/C29H22N4OS/c1-18-14-23(19(2)32(18)24-13-12-20-8-6-7-11-22(20)15-24)16-25-27(30)33-26(21-9-4-3-5-10-21)17-35-29(33)31-28(25)34/h3-17,30H,1-2H3. The number of benzene rings is 3. The smallest absolute Gasteiger partial charge is 0.283 e. The summed E-state index contributed by atoms with van der Waals surface area (Å²) in [4.78, 5) is 19.0. The van der Waals surface area contributed by atoms with Gasteiger partial charge in [-0.15, -0.1) is 0 Å². The second-order valence-electron chi connectivity index (χ2n) is 8.62. The maximum absolute atomic E-state index is 12.9. The van der Waals surface area contributed by atoms with E-state index in [2.05, 4.69) is 52.9 Å². The number of carbonyl (C=O) groups is 1. The second kappa shape index (κ2) is 8.25. The van der Waals surface area contributed by atoms with Gasteiger partial charge in [0.2, 0.25) is 0 Å². The summed E-state index contributed by atoms with van der Waals surface area (Å²) in [6.45, 7) is 4.10. The summed E-state index contributed by atoms with van der Waals surface area (Å²) in [6.07, 6.45) is 1.80. The van der Waals surface area contributed by atoms with Gasteiger partial charge in [-0.25, -0.2) is 0 Å². The lowest BCUT2D eigenvalue weighted by Gasteiger charge is -2.26. The molecule has 5 nitrogen and oxygen atoms in total. The minimum atomic E-state index is -0.382. The Morgan fingerprint density at radius 3 is 2.46 bits per heavy atom. The van der Waals surface area contributed by atoms with E-state index in [0.29, 0.717) is 5.17 Å². The molecule has 0 fully saturated rings. The van der Waals surface area contributed by atoms with Crippen molar-refractivity contribution in [2.24, 2.45) is 4.99 Å². The Balaban J connectivity index is 1.40. The van der Waals surface area contributed by atoms with Crippen LogP contribution in [0.25, 0.3) is 28.2 Å². The highest BCUT2D eigenvalue weighted by Crippen LogP contribution is 2.37. The molecule has 0 atom stereocenters. The van der Waals surface area contributed by atoms with Crippen molar-refractivity contribution in [2.75, 3.05) is 0 Å². The van der Waals surface area contributed by atoms with Crippen LogP contribution in [0, 0.1) is 19.3 Å². The predicted octanol–water partition coefficient (Wildman–Crippen LogP) is 6.55. The minimum absolute atomic E-state index is 0.149. The van der Waals surface area contributed by atoms with Gasteiger partial charge in [0.05, 0.1) is 11.3 Å². The monoisotopic (exact) mass is 474 g/mol. The van der Waals surface area contributed by atoms with Crippen molar-refractivity contribution in [3.05, 3.63) is 112 Å². The topological polar surface area (TPSA) is 61.5 Å². The molecule has 3 aromatic carbocycles. The van der Waals surface area contributed by atoms with Crippen LogP contribution in [0.5, 0.6) is 0 Å². The average Bonchev–Trinajstić information content (AvgIpc) is 3.42. The van der Waals surface area contributed by atoms with Crippen molar-refractivity contribution >= 4 is 51.2 Å². The van der Waals surface area contributed by atoms with E-state index in [1.54, 1.807) is 11.0 Å². The second-order valence-corrected chi connectivity index (χ2v) is 9.46. The van der Waals surface area contributed by atoms with E-state index in [-0.39, 0.29) is 17.3 Å². The molecule has 1 N–H and O–H groups in total. The van der Waals surface area contributed by atoms with Crippen LogP contribution in [-0.2, 0) is 4.79 Å². The third kappa shape index (κ3) is 3.54. The molecule has 0 spiro atoms. The molecule has 4 aromatic rings. The number of carbonyl (C=O) groups excluding carboxylic acids is 1. The molecule has 0 unspecified atom stereocenters. The fourth-order valence-corrected chi connectivity index (χ4v) is 5.61. The molecule has 2 aliphatic heterocycles. The molecule has 2 aliphatic rings. The summed E-state index contributed by atoms with van der Waals surface area (Å²) in [5.74, 6) is -0.234. The summed E-state index contributed by atoms with van der Waals surface area (Å²) < 4.78 is 2.19. The predicted molar refractivity (Wildman–Crippen MR) is 145 cm³/mol. The van der Waals surface area contributed by atoms with Gasteiger partial charge >= 0.3 is 0 Å². The fraction of sp³-hybridized carbons (Fsp3) is 0.0690. The molecule has 0 saturated carbocycles. The van der Waals surface area contributed by atoms with Crippen molar-refractivity contribution < 1.29 is 4.79 Å². The number of amides is 1. The minimum Gasteiger partial charge on any atom is -0.318 e. The Morgan fingerprint density at radius 2 is 1.66 bits per heavy atom. The Morgan fingerprint density at radius 1 is 0.914 bits per heavy atom. The zero-order valence-corrected chi connectivity index (χ0v) is 20.1. The number of nitrogens with one attached hydrogen (secondary N) is 1. The lowest BCUT2D eigenvalue weighted by molar-refractivity contribution is -0.114. The summed E-state index contributed by atoms with van der Waals surface area (Å²) >= 11 is 1.37. The van der Waals surface area contributed by atoms with Crippen LogP contribution in [0.3, 0.4) is 0 Å². The Labute approximate surface area is 207 Å². The first-order valence-corrected chi connectivity index (χ1v) is 12.2.